The molecule has 58 valence electrons. The van der Waals surface area contributed by atoms with Gasteiger partial charge in [-0.3, -0.25) is 4.79 Å². The summed E-state index contributed by atoms with van der Waals surface area (Å²) < 4.78 is 4.05. The van der Waals surface area contributed by atoms with Gasteiger partial charge in [0.25, 0.3) is 0 Å². The van der Waals surface area contributed by atoms with Crippen molar-refractivity contribution >= 4 is 5.97 Å². The van der Waals surface area contributed by atoms with E-state index in [1.807, 2.05) is 20.8 Å². The van der Waals surface area contributed by atoms with Gasteiger partial charge < -0.3 is 4.74 Å². The van der Waals surface area contributed by atoms with E-state index >= 15 is 0 Å². The maximum atomic E-state index is 10.6. The van der Waals surface area contributed by atoms with Crippen LogP contribution in [0.1, 0.15) is 33.6 Å². The van der Waals surface area contributed by atoms with Crippen molar-refractivity contribution in [2.75, 3.05) is 0 Å². The van der Waals surface area contributed by atoms with E-state index in [0.717, 1.165) is 6.42 Å². The van der Waals surface area contributed by atoms with E-state index < -0.39 is 0 Å². The number of hydrogen-bond acceptors (Lipinski definition) is 2. The predicted octanol–water partition coefficient (Wildman–Crippen LogP) is 2.02. The highest BCUT2D eigenvalue weighted by molar-refractivity contribution is 5.70. The third-order valence-corrected chi connectivity index (χ3v) is 1.71. The number of hydrogen-bond donors (Lipinski definition) is 0. The van der Waals surface area contributed by atoms with Crippen LogP contribution in [0.5, 0.6) is 0 Å². The lowest BCUT2D eigenvalue weighted by atomic mass is 9.87. The van der Waals surface area contributed by atoms with Gasteiger partial charge in [0.05, 0.1) is 6.42 Å². The van der Waals surface area contributed by atoms with E-state index in [1.165, 1.54) is 0 Å². The number of carbonyl (C=O) groups excluding carboxylic acids is 1. The summed E-state index contributed by atoms with van der Waals surface area (Å²) in [6.45, 7) is 6.04. The van der Waals surface area contributed by atoms with Crippen LogP contribution in [-0.4, -0.2) is 5.97 Å². The van der Waals surface area contributed by atoms with E-state index in [4.69, 9.17) is 0 Å². The van der Waals surface area contributed by atoms with Crippen molar-refractivity contribution in [1.82, 2.24) is 0 Å². The topological polar surface area (TPSA) is 26.3 Å². The quantitative estimate of drug-likeness (QED) is 0.563. The second-order valence-corrected chi connectivity index (χ2v) is 3.18. The van der Waals surface area contributed by atoms with Crippen LogP contribution in [0.4, 0.5) is 0 Å². The molecule has 0 saturated carbocycles. The van der Waals surface area contributed by atoms with Crippen molar-refractivity contribution in [3.05, 3.63) is 7.11 Å². The molecule has 0 heterocycles. The molecule has 0 spiro atoms. The minimum atomic E-state index is -0.341. The van der Waals surface area contributed by atoms with E-state index in [-0.39, 0.29) is 11.4 Å². The molecule has 0 aromatic carbocycles. The molecule has 2 heteroatoms. The van der Waals surface area contributed by atoms with E-state index in [1.54, 1.807) is 0 Å². The van der Waals surface area contributed by atoms with Gasteiger partial charge in [0.2, 0.25) is 0 Å². The van der Waals surface area contributed by atoms with E-state index in [9.17, 15) is 4.79 Å². The SMILES string of the molecule is [CH]OC(=O)CC(C)(C)CC. The minimum absolute atomic E-state index is 0.0104. The molecule has 2 radical (unpaired) electrons. The van der Waals surface area contributed by atoms with Crippen molar-refractivity contribution in [3.8, 4) is 0 Å². The van der Waals surface area contributed by atoms with Gasteiger partial charge in [-0.1, -0.05) is 27.2 Å². The molecule has 0 aromatic rings. The minimum Gasteiger partial charge on any atom is -0.454 e. The summed E-state index contributed by atoms with van der Waals surface area (Å²) >= 11 is 0. The monoisotopic (exact) mass is 142 g/mol. The highest BCUT2D eigenvalue weighted by atomic mass is 16.5. The van der Waals surface area contributed by atoms with Crippen LogP contribution in [0.15, 0.2) is 0 Å². The lowest BCUT2D eigenvalue weighted by Gasteiger charge is -2.19. The Kier molecular flexibility index (Phi) is 3.40. The second kappa shape index (κ2) is 3.59. The standard InChI is InChI=1S/C8H14O2/c1-5-8(2,3)6-7(9)10-4/h4H,5-6H2,1-3H3. The average Bonchev–Trinajstić information content (AvgIpc) is 1.87. The fourth-order valence-electron chi connectivity index (χ4n) is 0.557. The number of rotatable bonds is 3. The fourth-order valence-corrected chi connectivity index (χ4v) is 0.557. The van der Waals surface area contributed by atoms with Gasteiger partial charge >= 0.3 is 5.97 Å². The zero-order valence-electron chi connectivity index (χ0n) is 6.81. The summed E-state index contributed by atoms with van der Waals surface area (Å²) in [5, 5.41) is 0. The van der Waals surface area contributed by atoms with Gasteiger partial charge in [0, 0.05) is 0 Å². The summed E-state index contributed by atoms with van der Waals surface area (Å²) in [6.07, 6.45) is 1.34. The largest absolute Gasteiger partial charge is 0.454 e. The molecule has 0 aliphatic rings. The first-order chi connectivity index (χ1) is 4.52. The molecule has 0 amide bonds. The molecular formula is C8H14O2. The zero-order chi connectivity index (χ0) is 8.20. The molecule has 0 unspecified atom stereocenters. The van der Waals surface area contributed by atoms with Crippen LogP contribution >= 0.6 is 0 Å². The summed E-state index contributed by atoms with van der Waals surface area (Å²) in [4.78, 5) is 10.6. The first kappa shape index (κ1) is 9.47. The molecular weight excluding hydrogens is 128 g/mol. The summed E-state index contributed by atoms with van der Waals surface area (Å²) in [7, 11) is 4.68. The van der Waals surface area contributed by atoms with Crippen LogP contribution in [0, 0.1) is 12.5 Å². The molecule has 0 aromatic heterocycles. The maximum absolute atomic E-state index is 10.6. The summed E-state index contributed by atoms with van der Waals surface area (Å²) in [5.74, 6) is -0.341. The molecule has 2 nitrogen and oxygen atoms in total. The summed E-state index contributed by atoms with van der Waals surface area (Å²) in [6, 6.07) is 0. The van der Waals surface area contributed by atoms with E-state index in [2.05, 4.69) is 11.8 Å². The fraction of sp³-hybridized carbons (Fsp3) is 0.750. The molecule has 0 saturated heterocycles. The molecule has 0 bridgehead atoms. The summed E-state index contributed by atoms with van der Waals surface area (Å²) in [5.41, 5.74) is 0.0104. The Morgan fingerprint density at radius 1 is 1.60 bits per heavy atom. The van der Waals surface area contributed by atoms with Crippen LogP contribution in [0.3, 0.4) is 0 Å². The van der Waals surface area contributed by atoms with Crippen molar-refractivity contribution < 1.29 is 9.53 Å². The van der Waals surface area contributed by atoms with Crippen molar-refractivity contribution in [2.45, 2.75) is 33.6 Å². The molecule has 0 fully saturated rings. The smallest absolute Gasteiger partial charge is 0.306 e. The highest BCUT2D eigenvalue weighted by Crippen LogP contribution is 2.24. The normalized spacial score (nSPS) is 11.2. The van der Waals surface area contributed by atoms with Gasteiger partial charge in [-0.05, 0) is 5.41 Å². The number of esters is 1. The first-order valence-electron chi connectivity index (χ1n) is 3.41. The van der Waals surface area contributed by atoms with Crippen molar-refractivity contribution in [1.29, 1.82) is 0 Å². The lowest BCUT2D eigenvalue weighted by molar-refractivity contribution is -0.140. The Hall–Kier alpha value is -0.530. The predicted molar refractivity (Wildman–Crippen MR) is 39.1 cm³/mol. The van der Waals surface area contributed by atoms with Crippen LogP contribution < -0.4 is 0 Å². The van der Waals surface area contributed by atoms with Crippen LogP contribution in [0.2, 0.25) is 0 Å². The lowest BCUT2D eigenvalue weighted by Crippen LogP contribution is -2.16. The Labute approximate surface area is 62.6 Å². The van der Waals surface area contributed by atoms with Gasteiger partial charge in [-0.2, -0.15) is 0 Å². The van der Waals surface area contributed by atoms with Gasteiger partial charge in [0.15, 0.2) is 7.11 Å². The Balaban J connectivity index is 3.76. The maximum Gasteiger partial charge on any atom is 0.306 e. The van der Waals surface area contributed by atoms with Crippen molar-refractivity contribution in [3.63, 3.8) is 0 Å². The second-order valence-electron chi connectivity index (χ2n) is 3.18. The third kappa shape index (κ3) is 3.49. The average molecular weight is 142 g/mol. The molecule has 0 aliphatic heterocycles. The van der Waals surface area contributed by atoms with Crippen LogP contribution in [-0.2, 0) is 9.53 Å². The molecule has 0 atom stereocenters. The third-order valence-electron chi connectivity index (χ3n) is 1.71. The van der Waals surface area contributed by atoms with Gasteiger partial charge in [-0.15, -0.1) is 0 Å². The first-order valence-corrected chi connectivity index (χ1v) is 3.41. The van der Waals surface area contributed by atoms with Gasteiger partial charge in [-0.25, -0.2) is 0 Å². The van der Waals surface area contributed by atoms with E-state index in [0.29, 0.717) is 6.42 Å². The molecule has 0 N–H and O–H groups in total. The zero-order valence-corrected chi connectivity index (χ0v) is 6.81. The van der Waals surface area contributed by atoms with Crippen LogP contribution in [0.25, 0.3) is 0 Å². The Morgan fingerprint density at radius 2 is 2.10 bits per heavy atom. The molecule has 10 heavy (non-hydrogen) atoms. The molecule has 0 aliphatic carbocycles. The molecule has 0 rings (SSSR count). The Bertz CT molecular complexity index is 116. The van der Waals surface area contributed by atoms with Crippen molar-refractivity contribution in [2.24, 2.45) is 5.41 Å². The Morgan fingerprint density at radius 3 is 2.40 bits per heavy atom. The number of ether oxygens (including phenoxy) is 1. The highest BCUT2D eigenvalue weighted by Gasteiger charge is 2.19. The number of carbonyl (C=O) groups is 1. The van der Waals surface area contributed by atoms with Gasteiger partial charge in [0.1, 0.15) is 0 Å².